The van der Waals surface area contributed by atoms with E-state index in [9.17, 15) is 4.79 Å². The SMILES string of the molecule is COC(CN)CC(=O)NCCC1CCCC(C)C1. The summed E-state index contributed by atoms with van der Waals surface area (Å²) in [7, 11) is 1.59. The average Bonchev–Trinajstić information content (AvgIpc) is 2.36. The summed E-state index contributed by atoms with van der Waals surface area (Å²) in [6.45, 7) is 3.51. The Labute approximate surface area is 111 Å². The Morgan fingerprint density at radius 1 is 1.50 bits per heavy atom. The molecular weight excluding hydrogens is 228 g/mol. The van der Waals surface area contributed by atoms with Gasteiger partial charge in [-0.25, -0.2) is 0 Å². The van der Waals surface area contributed by atoms with E-state index in [2.05, 4.69) is 12.2 Å². The Kier molecular flexibility index (Phi) is 7.28. The Hall–Kier alpha value is -0.610. The number of amides is 1. The van der Waals surface area contributed by atoms with Crippen LogP contribution in [-0.2, 0) is 9.53 Å². The fourth-order valence-corrected chi connectivity index (χ4v) is 2.78. The number of ether oxygens (including phenoxy) is 1. The van der Waals surface area contributed by atoms with Gasteiger partial charge in [-0.05, 0) is 24.7 Å². The number of nitrogens with one attached hydrogen (secondary N) is 1. The monoisotopic (exact) mass is 256 g/mol. The normalized spacial score (nSPS) is 25.7. The Bertz CT molecular complexity index is 242. The number of hydrogen-bond donors (Lipinski definition) is 2. The molecule has 1 rings (SSSR count). The summed E-state index contributed by atoms with van der Waals surface area (Å²) in [5, 5.41) is 2.97. The molecular formula is C14H28N2O2. The van der Waals surface area contributed by atoms with Crippen molar-refractivity contribution in [1.29, 1.82) is 0 Å². The maximum absolute atomic E-state index is 11.6. The zero-order chi connectivity index (χ0) is 13.4. The average molecular weight is 256 g/mol. The molecule has 1 fully saturated rings. The summed E-state index contributed by atoms with van der Waals surface area (Å²) in [6, 6.07) is 0. The predicted octanol–water partition coefficient (Wildman–Crippen LogP) is 1.68. The Morgan fingerprint density at radius 3 is 2.89 bits per heavy atom. The molecule has 1 saturated carbocycles. The molecule has 18 heavy (non-hydrogen) atoms. The molecule has 0 spiro atoms. The summed E-state index contributed by atoms with van der Waals surface area (Å²) in [4.78, 5) is 11.6. The van der Waals surface area contributed by atoms with Crippen molar-refractivity contribution in [1.82, 2.24) is 5.32 Å². The molecule has 106 valence electrons. The van der Waals surface area contributed by atoms with Crippen LogP contribution in [-0.4, -0.2) is 32.2 Å². The van der Waals surface area contributed by atoms with E-state index >= 15 is 0 Å². The van der Waals surface area contributed by atoms with Gasteiger partial charge in [-0.2, -0.15) is 0 Å². The first-order valence-electron chi connectivity index (χ1n) is 7.15. The maximum atomic E-state index is 11.6. The van der Waals surface area contributed by atoms with Crippen LogP contribution in [0.5, 0.6) is 0 Å². The van der Waals surface area contributed by atoms with E-state index < -0.39 is 0 Å². The van der Waals surface area contributed by atoms with Gasteiger partial charge >= 0.3 is 0 Å². The number of carbonyl (C=O) groups is 1. The van der Waals surface area contributed by atoms with E-state index in [1.807, 2.05) is 0 Å². The zero-order valence-corrected chi connectivity index (χ0v) is 11.8. The van der Waals surface area contributed by atoms with Gasteiger partial charge < -0.3 is 15.8 Å². The van der Waals surface area contributed by atoms with Crippen LogP contribution in [0, 0.1) is 11.8 Å². The number of methoxy groups -OCH3 is 1. The van der Waals surface area contributed by atoms with Crippen LogP contribution >= 0.6 is 0 Å². The summed E-state index contributed by atoms with van der Waals surface area (Å²) >= 11 is 0. The summed E-state index contributed by atoms with van der Waals surface area (Å²) in [6.07, 6.45) is 6.68. The number of nitrogens with two attached hydrogens (primary N) is 1. The third-order valence-electron chi connectivity index (χ3n) is 3.93. The highest BCUT2D eigenvalue weighted by atomic mass is 16.5. The van der Waals surface area contributed by atoms with Gasteiger partial charge in [-0.15, -0.1) is 0 Å². The number of hydrogen-bond acceptors (Lipinski definition) is 3. The van der Waals surface area contributed by atoms with Crippen LogP contribution in [0.2, 0.25) is 0 Å². The van der Waals surface area contributed by atoms with Gasteiger partial charge in [-0.3, -0.25) is 4.79 Å². The standard InChI is InChI=1S/C14H28N2O2/c1-11-4-3-5-12(8-11)6-7-16-14(17)9-13(10-15)18-2/h11-13H,3-10,15H2,1-2H3,(H,16,17). The molecule has 3 unspecified atom stereocenters. The molecule has 0 radical (unpaired) electrons. The molecule has 0 aliphatic heterocycles. The smallest absolute Gasteiger partial charge is 0.222 e. The molecule has 0 aromatic carbocycles. The lowest BCUT2D eigenvalue weighted by atomic mass is 9.81. The Balaban J connectivity index is 2.11. The van der Waals surface area contributed by atoms with Gasteiger partial charge in [0.1, 0.15) is 0 Å². The first-order chi connectivity index (χ1) is 8.65. The van der Waals surface area contributed by atoms with Crippen molar-refractivity contribution in [3.63, 3.8) is 0 Å². The van der Waals surface area contributed by atoms with Gasteiger partial charge in [0.15, 0.2) is 0 Å². The lowest BCUT2D eigenvalue weighted by Gasteiger charge is -2.26. The summed E-state index contributed by atoms with van der Waals surface area (Å²) in [5.41, 5.74) is 5.49. The van der Waals surface area contributed by atoms with Crippen molar-refractivity contribution in [3.8, 4) is 0 Å². The summed E-state index contributed by atoms with van der Waals surface area (Å²) in [5.74, 6) is 1.70. The fourth-order valence-electron chi connectivity index (χ4n) is 2.78. The number of carbonyl (C=O) groups excluding carboxylic acids is 1. The van der Waals surface area contributed by atoms with Crippen molar-refractivity contribution >= 4 is 5.91 Å². The van der Waals surface area contributed by atoms with Crippen molar-refractivity contribution in [2.75, 3.05) is 20.2 Å². The predicted molar refractivity (Wildman–Crippen MR) is 73.2 cm³/mol. The van der Waals surface area contributed by atoms with E-state index in [0.29, 0.717) is 13.0 Å². The number of rotatable bonds is 7. The molecule has 4 nitrogen and oxygen atoms in total. The second-order valence-corrected chi connectivity index (χ2v) is 5.57. The van der Waals surface area contributed by atoms with Crippen molar-refractivity contribution in [2.45, 2.75) is 51.6 Å². The van der Waals surface area contributed by atoms with Crippen LogP contribution < -0.4 is 11.1 Å². The van der Waals surface area contributed by atoms with Crippen LogP contribution in [0.15, 0.2) is 0 Å². The molecule has 0 saturated heterocycles. The van der Waals surface area contributed by atoms with Crippen LogP contribution in [0.4, 0.5) is 0 Å². The molecule has 4 heteroatoms. The van der Waals surface area contributed by atoms with Crippen molar-refractivity contribution < 1.29 is 9.53 Å². The van der Waals surface area contributed by atoms with E-state index in [1.54, 1.807) is 7.11 Å². The van der Waals surface area contributed by atoms with Crippen LogP contribution in [0.3, 0.4) is 0 Å². The highest BCUT2D eigenvalue weighted by Crippen LogP contribution is 2.30. The second kappa shape index (κ2) is 8.48. The van der Waals surface area contributed by atoms with Gasteiger partial charge in [0.2, 0.25) is 5.91 Å². The first kappa shape index (κ1) is 15.4. The minimum atomic E-state index is -0.153. The molecule has 3 atom stereocenters. The minimum absolute atomic E-state index is 0.0520. The lowest BCUT2D eigenvalue weighted by molar-refractivity contribution is -0.123. The molecule has 0 aromatic heterocycles. The van der Waals surface area contributed by atoms with Gasteiger partial charge in [0.05, 0.1) is 12.5 Å². The van der Waals surface area contributed by atoms with Crippen molar-refractivity contribution in [3.05, 3.63) is 0 Å². The van der Waals surface area contributed by atoms with E-state index in [1.165, 1.54) is 25.7 Å². The molecule has 1 aliphatic rings. The minimum Gasteiger partial charge on any atom is -0.380 e. The van der Waals surface area contributed by atoms with Crippen LogP contribution in [0.1, 0.15) is 45.4 Å². The topological polar surface area (TPSA) is 64.3 Å². The van der Waals surface area contributed by atoms with E-state index in [-0.39, 0.29) is 12.0 Å². The highest BCUT2D eigenvalue weighted by molar-refractivity contribution is 5.76. The largest absolute Gasteiger partial charge is 0.380 e. The van der Waals surface area contributed by atoms with Crippen LogP contribution in [0.25, 0.3) is 0 Å². The molecule has 0 heterocycles. The highest BCUT2D eigenvalue weighted by Gasteiger charge is 2.18. The lowest BCUT2D eigenvalue weighted by Crippen LogP contribution is -2.33. The summed E-state index contributed by atoms with van der Waals surface area (Å²) < 4.78 is 5.09. The molecule has 0 bridgehead atoms. The van der Waals surface area contributed by atoms with Gasteiger partial charge in [-0.1, -0.05) is 26.2 Å². The van der Waals surface area contributed by atoms with Crippen molar-refractivity contribution in [2.24, 2.45) is 17.6 Å². The maximum Gasteiger partial charge on any atom is 0.222 e. The van der Waals surface area contributed by atoms with Gasteiger partial charge in [0.25, 0.3) is 0 Å². The Morgan fingerprint density at radius 2 is 2.28 bits per heavy atom. The molecule has 3 N–H and O–H groups in total. The quantitative estimate of drug-likeness (QED) is 0.728. The van der Waals surface area contributed by atoms with E-state index in [0.717, 1.165) is 24.8 Å². The first-order valence-corrected chi connectivity index (χ1v) is 7.15. The zero-order valence-electron chi connectivity index (χ0n) is 11.8. The molecule has 1 amide bonds. The third-order valence-corrected chi connectivity index (χ3v) is 3.93. The van der Waals surface area contributed by atoms with E-state index in [4.69, 9.17) is 10.5 Å². The molecule has 0 aromatic rings. The third kappa shape index (κ3) is 5.83. The second-order valence-electron chi connectivity index (χ2n) is 5.57. The molecule has 1 aliphatic carbocycles. The fraction of sp³-hybridized carbons (Fsp3) is 0.929. The van der Waals surface area contributed by atoms with Gasteiger partial charge in [0, 0.05) is 20.2 Å².